The lowest BCUT2D eigenvalue weighted by Crippen LogP contribution is -2.32. The average Bonchev–Trinajstić information content (AvgIpc) is 2.74. The molecule has 0 aliphatic rings. The van der Waals surface area contributed by atoms with Gasteiger partial charge in [0.15, 0.2) is 0 Å². The molecular weight excluding hydrogens is 274 g/mol. The van der Waals surface area contributed by atoms with Gasteiger partial charge in [-0.2, -0.15) is 0 Å². The maximum Gasteiger partial charge on any atom is 0.407 e. The molecule has 110 valence electrons. The van der Waals surface area contributed by atoms with E-state index < -0.39 is 11.7 Å². The fourth-order valence-electron chi connectivity index (χ4n) is 1.37. The summed E-state index contributed by atoms with van der Waals surface area (Å²) in [5.41, 5.74) is 0.517. The van der Waals surface area contributed by atoms with E-state index in [9.17, 15) is 4.79 Å². The van der Waals surface area contributed by atoms with Crippen molar-refractivity contribution >= 4 is 17.4 Å². The standard InChI is InChI=1S/C15H21NO3S/c1-15(2,3)19-14(17)16-8-6-5-7-12-9-13(10-18-4)20-11-12/h9,11H,6,8,10H2,1-4H3,(H,16,17). The molecule has 0 aromatic carbocycles. The Morgan fingerprint density at radius 1 is 1.45 bits per heavy atom. The molecule has 5 heteroatoms. The van der Waals surface area contributed by atoms with Gasteiger partial charge >= 0.3 is 6.09 Å². The molecule has 1 aromatic rings. The lowest BCUT2D eigenvalue weighted by molar-refractivity contribution is 0.0529. The molecule has 0 aliphatic carbocycles. The highest BCUT2D eigenvalue weighted by atomic mass is 32.1. The minimum atomic E-state index is -0.468. The van der Waals surface area contributed by atoms with E-state index in [4.69, 9.17) is 9.47 Å². The first kappa shape index (κ1) is 16.5. The lowest BCUT2D eigenvalue weighted by atomic mass is 10.2. The van der Waals surface area contributed by atoms with Crippen molar-refractivity contribution < 1.29 is 14.3 Å². The molecule has 0 saturated carbocycles. The molecule has 1 heterocycles. The normalized spacial score (nSPS) is 10.6. The highest BCUT2D eigenvalue weighted by Gasteiger charge is 2.15. The molecule has 0 atom stereocenters. The van der Waals surface area contributed by atoms with Crippen LogP contribution in [0.5, 0.6) is 0 Å². The SMILES string of the molecule is COCc1cc(C#CCCNC(=O)OC(C)(C)C)cs1. The first-order chi connectivity index (χ1) is 9.40. The Hall–Kier alpha value is -1.51. The molecule has 0 bridgehead atoms. The highest BCUT2D eigenvalue weighted by Crippen LogP contribution is 2.14. The van der Waals surface area contributed by atoms with Gasteiger partial charge in [-0.25, -0.2) is 4.79 Å². The number of carbonyl (C=O) groups is 1. The molecule has 1 amide bonds. The maximum absolute atomic E-state index is 11.4. The predicted octanol–water partition coefficient (Wildman–Crippen LogP) is 3.16. The van der Waals surface area contributed by atoms with Gasteiger partial charge in [-0.1, -0.05) is 11.8 Å². The van der Waals surface area contributed by atoms with Crippen LogP contribution >= 0.6 is 11.3 Å². The third kappa shape index (κ3) is 7.17. The number of alkyl carbamates (subject to hydrolysis) is 1. The maximum atomic E-state index is 11.4. The zero-order chi connectivity index (χ0) is 15.0. The van der Waals surface area contributed by atoms with E-state index in [0.29, 0.717) is 19.6 Å². The Morgan fingerprint density at radius 3 is 2.85 bits per heavy atom. The van der Waals surface area contributed by atoms with Crippen LogP contribution in [-0.2, 0) is 16.1 Å². The molecule has 0 spiro atoms. The third-order valence-electron chi connectivity index (χ3n) is 2.09. The van der Waals surface area contributed by atoms with Crippen LogP contribution in [0, 0.1) is 11.8 Å². The van der Waals surface area contributed by atoms with Gasteiger partial charge in [0.05, 0.1) is 6.61 Å². The van der Waals surface area contributed by atoms with Crippen molar-refractivity contribution in [3.8, 4) is 11.8 Å². The number of hydrogen-bond donors (Lipinski definition) is 1. The van der Waals surface area contributed by atoms with E-state index in [1.165, 1.54) is 0 Å². The van der Waals surface area contributed by atoms with Gasteiger partial charge in [-0.15, -0.1) is 11.3 Å². The molecule has 20 heavy (non-hydrogen) atoms. The predicted molar refractivity (Wildman–Crippen MR) is 80.8 cm³/mol. The zero-order valence-corrected chi connectivity index (χ0v) is 13.2. The molecular formula is C15H21NO3S. The Morgan fingerprint density at radius 2 is 2.20 bits per heavy atom. The van der Waals surface area contributed by atoms with Crippen molar-refractivity contribution in [2.75, 3.05) is 13.7 Å². The quantitative estimate of drug-likeness (QED) is 0.685. The number of thiophene rings is 1. The second-order valence-corrected chi connectivity index (χ2v) is 6.21. The lowest BCUT2D eigenvalue weighted by Gasteiger charge is -2.19. The molecule has 1 aromatic heterocycles. The second kappa shape index (κ2) is 7.93. The van der Waals surface area contributed by atoms with Crippen LogP contribution in [-0.4, -0.2) is 25.3 Å². The van der Waals surface area contributed by atoms with Crippen LogP contribution in [0.15, 0.2) is 11.4 Å². The number of rotatable bonds is 4. The van der Waals surface area contributed by atoms with Crippen molar-refractivity contribution in [1.82, 2.24) is 5.32 Å². The van der Waals surface area contributed by atoms with Crippen LogP contribution in [0.3, 0.4) is 0 Å². The van der Waals surface area contributed by atoms with Gasteiger partial charge in [-0.3, -0.25) is 0 Å². The molecule has 0 radical (unpaired) electrons. The summed E-state index contributed by atoms with van der Waals surface area (Å²) in [7, 11) is 1.67. The second-order valence-electron chi connectivity index (χ2n) is 5.22. The first-order valence-corrected chi connectivity index (χ1v) is 7.31. The van der Waals surface area contributed by atoms with Gasteiger partial charge in [0.1, 0.15) is 5.60 Å². The topological polar surface area (TPSA) is 47.6 Å². The number of ether oxygens (including phenoxy) is 2. The smallest absolute Gasteiger partial charge is 0.407 e. The van der Waals surface area contributed by atoms with Crippen LogP contribution in [0.4, 0.5) is 4.79 Å². The fourth-order valence-corrected chi connectivity index (χ4v) is 2.16. The summed E-state index contributed by atoms with van der Waals surface area (Å²) in [6.45, 7) is 6.60. The summed E-state index contributed by atoms with van der Waals surface area (Å²) >= 11 is 1.63. The van der Waals surface area contributed by atoms with E-state index in [1.54, 1.807) is 18.4 Å². The monoisotopic (exact) mass is 295 g/mol. The van der Waals surface area contributed by atoms with Crippen LogP contribution < -0.4 is 5.32 Å². The molecule has 0 fully saturated rings. The van der Waals surface area contributed by atoms with E-state index in [2.05, 4.69) is 17.2 Å². The minimum absolute atomic E-state index is 0.405. The Kier molecular flexibility index (Phi) is 6.56. The minimum Gasteiger partial charge on any atom is -0.444 e. The summed E-state index contributed by atoms with van der Waals surface area (Å²) < 4.78 is 10.2. The Labute approximate surface area is 124 Å². The molecule has 0 aliphatic heterocycles. The van der Waals surface area contributed by atoms with Crippen molar-refractivity contribution in [2.24, 2.45) is 0 Å². The van der Waals surface area contributed by atoms with Crippen molar-refractivity contribution in [3.63, 3.8) is 0 Å². The zero-order valence-electron chi connectivity index (χ0n) is 12.4. The van der Waals surface area contributed by atoms with E-state index in [-0.39, 0.29) is 0 Å². The summed E-state index contributed by atoms with van der Waals surface area (Å²) in [5, 5.41) is 4.67. The van der Waals surface area contributed by atoms with E-state index in [0.717, 1.165) is 10.4 Å². The molecule has 0 saturated heterocycles. The van der Waals surface area contributed by atoms with E-state index in [1.807, 2.05) is 32.2 Å². The summed E-state index contributed by atoms with van der Waals surface area (Å²) in [4.78, 5) is 12.5. The third-order valence-corrected chi connectivity index (χ3v) is 3.00. The number of hydrogen-bond acceptors (Lipinski definition) is 4. The summed E-state index contributed by atoms with van der Waals surface area (Å²) in [5.74, 6) is 6.08. The van der Waals surface area contributed by atoms with Crippen LogP contribution in [0.2, 0.25) is 0 Å². The van der Waals surface area contributed by atoms with Gasteiger partial charge < -0.3 is 14.8 Å². The van der Waals surface area contributed by atoms with Gasteiger partial charge in [0.25, 0.3) is 0 Å². The summed E-state index contributed by atoms with van der Waals surface area (Å²) in [6.07, 6.45) is 0.187. The van der Waals surface area contributed by atoms with E-state index >= 15 is 0 Å². The number of nitrogens with one attached hydrogen (secondary N) is 1. The van der Waals surface area contributed by atoms with Gasteiger partial charge in [0, 0.05) is 35.9 Å². The fraction of sp³-hybridized carbons (Fsp3) is 0.533. The molecule has 1 rings (SSSR count). The van der Waals surface area contributed by atoms with Crippen molar-refractivity contribution in [1.29, 1.82) is 0 Å². The first-order valence-electron chi connectivity index (χ1n) is 6.43. The largest absolute Gasteiger partial charge is 0.444 e. The average molecular weight is 295 g/mol. The number of amides is 1. The van der Waals surface area contributed by atoms with Crippen molar-refractivity contribution in [2.45, 2.75) is 39.4 Å². The Balaban J connectivity index is 2.27. The summed E-state index contributed by atoms with van der Waals surface area (Å²) in [6, 6.07) is 2.02. The highest BCUT2D eigenvalue weighted by molar-refractivity contribution is 7.10. The van der Waals surface area contributed by atoms with Gasteiger partial charge in [0.2, 0.25) is 0 Å². The molecule has 1 N–H and O–H groups in total. The van der Waals surface area contributed by atoms with Crippen molar-refractivity contribution in [3.05, 3.63) is 21.9 Å². The van der Waals surface area contributed by atoms with Gasteiger partial charge in [-0.05, 0) is 26.8 Å². The number of carbonyl (C=O) groups excluding carboxylic acids is 1. The van der Waals surface area contributed by atoms with Crippen LogP contribution in [0.25, 0.3) is 0 Å². The molecule has 0 unspecified atom stereocenters. The molecule has 4 nitrogen and oxygen atoms in total. The van der Waals surface area contributed by atoms with Crippen LogP contribution in [0.1, 0.15) is 37.6 Å². The number of methoxy groups -OCH3 is 1. The Bertz CT molecular complexity index is 491.